The minimum atomic E-state index is -0.973. The van der Waals surface area contributed by atoms with Gasteiger partial charge in [-0.3, -0.25) is 0 Å². The lowest BCUT2D eigenvalue weighted by Crippen LogP contribution is -2.06. The van der Waals surface area contributed by atoms with Gasteiger partial charge in [-0.05, 0) is 72.1 Å². The van der Waals surface area contributed by atoms with E-state index in [0.29, 0.717) is 17.7 Å². The molecule has 0 spiro atoms. The van der Waals surface area contributed by atoms with Crippen molar-refractivity contribution >= 4 is 5.57 Å². The first kappa shape index (κ1) is 27.0. The maximum absolute atomic E-state index is 15.1. The first-order valence-corrected chi connectivity index (χ1v) is 13.7. The average molecular weight is 507 g/mol. The summed E-state index contributed by atoms with van der Waals surface area (Å²) in [5.74, 6) is -1.46. The Hall–Kier alpha value is -3.01. The van der Waals surface area contributed by atoms with Crippen molar-refractivity contribution in [3.05, 3.63) is 83.7 Å². The van der Waals surface area contributed by atoms with Crippen LogP contribution in [0.2, 0.25) is 0 Å². The van der Waals surface area contributed by atoms with E-state index < -0.39 is 11.6 Å². The van der Waals surface area contributed by atoms with Crippen molar-refractivity contribution in [2.75, 3.05) is 6.61 Å². The SMILES string of the molecule is CCCCCC1CC=C(c2ccc(-c3ccc(-c4ccc(OCCCC)c(F)c4F)cc3)cc2F)CC1. The van der Waals surface area contributed by atoms with Crippen molar-refractivity contribution in [3.8, 4) is 28.0 Å². The average Bonchev–Trinajstić information content (AvgIpc) is 2.92. The molecule has 3 aromatic rings. The maximum Gasteiger partial charge on any atom is 0.201 e. The number of hydrogen-bond donors (Lipinski definition) is 0. The molecule has 0 heterocycles. The molecule has 1 aliphatic carbocycles. The zero-order valence-corrected chi connectivity index (χ0v) is 22.0. The van der Waals surface area contributed by atoms with Gasteiger partial charge in [0, 0.05) is 11.1 Å². The van der Waals surface area contributed by atoms with Crippen molar-refractivity contribution in [3.63, 3.8) is 0 Å². The Morgan fingerprint density at radius 1 is 0.757 bits per heavy atom. The predicted molar refractivity (Wildman–Crippen MR) is 147 cm³/mol. The summed E-state index contributed by atoms with van der Waals surface area (Å²) in [6, 6.07) is 15.5. The van der Waals surface area contributed by atoms with E-state index in [1.807, 2.05) is 31.2 Å². The van der Waals surface area contributed by atoms with E-state index in [-0.39, 0.29) is 17.1 Å². The molecule has 0 N–H and O–H groups in total. The minimum Gasteiger partial charge on any atom is -0.490 e. The van der Waals surface area contributed by atoms with E-state index in [4.69, 9.17) is 4.74 Å². The molecule has 1 unspecified atom stereocenters. The van der Waals surface area contributed by atoms with Crippen molar-refractivity contribution in [2.45, 2.75) is 71.6 Å². The summed E-state index contributed by atoms with van der Waals surface area (Å²) in [6.07, 6.45) is 12.1. The number of benzene rings is 3. The molecule has 0 aromatic heterocycles. The number of unbranched alkanes of at least 4 members (excludes halogenated alkanes) is 3. The van der Waals surface area contributed by atoms with E-state index in [1.165, 1.54) is 37.8 Å². The Labute approximate surface area is 219 Å². The summed E-state index contributed by atoms with van der Waals surface area (Å²) < 4.78 is 49.7. The fourth-order valence-electron chi connectivity index (χ4n) is 5.07. The topological polar surface area (TPSA) is 9.23 Å². The normalized spacial score (nSPS) is 15.5. The molecule has 4 heteroatoms. The van der Waals surface area contributed by atoms with E-state index in [9.17, 15) is 8.78 Å². The molecule has 1 atom stereocenters. The molecule has 0 fully saturated rings. The molecule has 3 aromatic carbocycles. The highest BCUT2D eigenvalue weighted by molar-refractivity contribution is 5.74. The van der Waals surface area contributed by atoms with E-state index in [2.05, 4.69) is 13.0 Å². The summed E-state index contributed by atoms with van der Waals surface area (Å²) in [6.45, 7) is 4.59. The number of halogens is 3. The first-order chi connectivity index (χ1) is 18.0. The van der Waals surface area contributed by atoms with Crippen LogP contribution in [-0.4, -0.2) is 6.61 Å². The van der Waals surface area contributed by atoms with Gasteiger partial charge in [-0.25, -0.2) is 8.78 Å². The summed E-state index contributed by atoms with van der Waals surface area (Å²) in [4.78, 5) is 0. The summed E-state index contributed by atoms with van der Waals surface area (Å²) >= 11 is 0. The second kappa shape index (κ2) is 13.0. The molecule has 4 rings (SSSR count). The lowest BCUT2D eigenvalue weighted by molar-refractivity contribution is 0.289. The van der Waals surface area contributed by atoms with Gasteiger partial charge in [-0.1, -0.05) is 88.4 Å². The Bertz CT molecular complexity index is 1210. The molecule has 0 aliphatic heterocycles. The van der Waals surface area contributed by atoms with Gasteiger partial charge in [0.05, 0.1) is 6.61 Å². The fraction of sp³-hybridized carbons (Fsp3) is 0.394. The lowest BCUT2D eigenvalue weighted by Gasteiger charge is -2.22. The maximum atomic E-state index is 15.1. The number of ether oxygens (including phenoxy) is 1. The third-order valence-electron chi connectivity index (χ3n) is 7.38. The van der Waals surface area contributed by atoms with Crippen LogP contribution in [0.1, 0.15) is 77.2 Å². The third-order valence-corrected chi connectivity index (χ3v) is 7.38. The second-order valence-electron chi connectivity index (χ2n) is 10.1. The largest absolute Gasteiger partial charge is 0.490 e. The van der Waals surface area contributed by atoms with Crippen LogP contribution >= 0.6 is 0 Å². The smallest absolute Gasteiger partial charge is 0.201 e. The Kier molecular flexibility index (Phi) is 9.49. The van der Waals surface area contributed by atoms with Crippen LogP contribution in [-0.2, 0) is 0 Å². The summed E-state index contributed by atoms with van der Waals surface area (Å²) in [5.41, 5.74) is 4.09. The molecule has 0 saturated heterocycles. The number of rotatable bonds is 11. The zero-order valence-electron chi connectivity index (χ0n) is 22.0. The Morgan fingerprint density at radius 3 is 2.14 bits per heavy atom. The van der Waals surface area contributed by atoms with Crippen LogP contribution in [0, 0.1) is 23.4 Å². The zero-order chi connectivity index (χ0) is 26.2. The molecular weight excluding hydrogens is 469 g/mol. The van der Waals surface area contributed by atoms with Gasteiger partial charge in [-0.2, -0.15) is 4.39 Å². The van der Waals surface area contributed by atoms with E-state index >= 15 is 4.39 Å². The van der Waals surface area contributed by atoms with Crippen LogP contribution in [0.15, 0.2) is 60.7 Å². The van der Waals surface area contributed by atoms with E-state index in [1.54, 1.807) is 18.2 Å². The van der Waals surface area contributed by atoms with E-state index in [0.717, 1.165) is 54.7 Å². The van der Waals surface area contributed by atoms with Gasteiger partial charge in [0.25, 0.3) is 0 Å². The fourth-order valence-corrected chi connectivity index (χ4v) is 5.07. The summed E-state index contributed by atoms with van der Waals surface area (Å²) in [5, 5.41) is 0. The van der Waals surface area contributed by atoms with Gasteiger partial charge >= 0.3 is 0 Å². The second-order valence-corrected chi connectivity index (χ2v) is 10.1. The van der Waals surface area contributed by atoms with Crippen LogP contribution in [0.3, 0.4) is 0 Å². The van der Waals surface area contributed by atoms with Crippen molar-refractivity contribution in [1.82, 2.24) is 0 Å². The molecule has 37 heavy (non-hydrogen) atoms. The lowest BCUT2D eigenvalue weighted by atomic mass is 9.83. The van der Waals surface area contributed by atoms with Gasteiger partial charge in [0.1, 0.15) is 5.82 Å². The third kappa shape index (κ3) is 6.66. The van der Waals surface area contributed by atoms with Gasteiger partial charge < -0.3 is 4.74 Å². The van der Waals surface area contributed by atoms with Crippen molar-refractivity contribution in [2.24, 2.45) is 5.92 Å². The number of allylic oxidation sites excluding steroid dienone is 2. The molecule has 0 bridgehead atoms. The van der Waals surface area contributed by atoms with Crippen LogP contribution in [0.4, 0.5) is 13.2 Å². The highest BCUT2D eigenvalue weighted by atomic mass is 19.2. The highest BCUT2D eigenvalue weighted by Gasteiger charge is 2.18. The molecular formula is C33H37F3O. The first-order valence-electron chi connectivity index (χ1n) is 13.7. The van der Waals surface area contributed by atoms with Crippen LogP contribution in [0.25, 0.3) is 27.8 Å². The standard InChI is InChI=1S/C33H37F3O/c1-3-5-7-8-23-9-11-25(12-10-23)28-18-17-27(22-30(28)34)24-13-15-26(16-14-24)29-19-20-31(33(36)32(29)35)37-21-6-4-2/h11,13-20,22-23H,3-10,12,21H2,1-2H3. The quantitative estimate of drug-likeness (QED) is 0.235. The van der Waals surface area contributed by atoms with Gasteiger partial charge in [-0.15, -0.1) is 0 Å². The molecule has 0 amide bonds. The number of hydrogen-bond acceptors (Lipinski definition) is 1. The molecule has 0 saturated carbocycles. The van der Waals surface area contributed by atoms with Gasteiger partial charge in [0.2, 0.25) is 5.82 Å². The monoisotopic (exact) mass is 506 g/mol. The Morgan fingerprint density at radius 2 is 1.46 bits per heavy atom. The molecule has 1 aliphatic rings. The molecule has 1 nitrogen and oxygen atoms in total. The van der Waals surface area contributed by atoms with Crippen molar-refractivity contribution in [1.29, 1.82) is 0 Å². The molecule has 196 valence electrons. The predicted octanol–water partition coefficient (Wildman–Crippen LogP) is 10.4. The Balaban J connectivity index is 1.46. The minimum absolute atomic E-state index is 0.0676. The van der Waals surface area contributed by atoms with Crippen molar-refractivity contribution < 1.29 is 17.9 Å². The van der Waals surface area contributed by atoms with Gasteiger partial charge in [0.15, 0.2) is 11.6 Å². The van der Waals surface area contributed by atoms with Crippen LogP contribution < -0.4 is 4.74 Å². The molecule has 0 radical (unpaired) electrons. The highest BCUT2D eigenvalue weighted by Crippen LogP contribution is 2.36. The summed E-state index contributed by atoms with van der Waals surface area (Å²) in [7, 11) is 0. The van der Waals surface area contributed by atoms with Crippen LogP contribution in [0.5, 0.6) is 5.75 Å².